The zero-order valence-electron chi connectivity index (χ0n) is 11.8. The minimum absolute atomic E-state index is 0.0643. The van der Waals surface area contributed by atoms with Gasteiger partial charge in [0.15, 0.2) is 0 Å². The molecule has 2 amide bonds. The lowest BCUT2D eigenvalue weighted by molar-refractivity contribution is 0.155. The summed E-state index contributed by atoms with van der Waals surface area (Å²) >= 11 is 0. The number of aromatic nitrogens is 2. The first-order chi connectivity index (χ1) is 9.09. The predicted molar refractivity (Wildman–Crippen MR) is 74.1 cm³/mol. The number of anilines is 1. The number of urea groups is 1. The topological polar surface area (TPSA) is 52.6 Å². The lowest BCUT2D eigenvalue weighted by Gasteiger charge is -2.37. The van der Waals surface area contributed by atoms with Crippen LogP contribution < -0.4 is 4.90 Å². The highest BCUT2D eigenvalue weighted by molar-refractivity contribution is 5.73. The van der Waals surface area contributed by atoms with E-state index in [9.17, 15) is 4.79 Å². The number of nitrogens with zero attached hydrogens (tertiary/aromatic N) is 5. The molecule has 0 aliphatic carbocycles. The van der Waals surface area contributed by atoms with Crippen LogP contribution in [0.2, 0.25) is 0 Å². The van der Waals surface area contributed by atoms with Gasteiger partial charge in [-0.25, -0.2) is 14.8 Å². The summed E-state index contributed by atoms with van der Waals surface area (Å²) in [5.74, 6) is 0.780. The minimum Gasteiger partial charge on any atom is -0.341 e. The molecular formula is C13H21N5O. The van der Waals surface area contributed by atoms with Gasteiger partial charge in [0.05, 0.1) is 0 Å². The van der Waals surface area contributed by atoms with Crippen LogP contribution in [0.4, 0.5) is 10.7 Å². The van der Waals surface area contributed by atoms with Gasteiger partial charge in [0.2, 0.25) is 5.95 Å². The number of hydrogen-bond donors (Lipinski definition) is 0. The van der Waals surface area contributed by atoms with Gasteiger partial charge in [-0.15, -0.1) is 0 Å². The minimum atomic E-state index is 0.0643. The van der Waals surface area contributed by atoms with Gasteiger partial charge in [-0.3, -0.25) is 0 Å². The van der Waals surface area contributed by atoms with E-state index in [1.165, 1.54) is 0 Å². The number of piperidine rings is 1. The fourth-order valence-corrected chi connectivity index (χ4v) is 2.38. The first-order valence-electron chi connectivity index (χ1n) is 6.55. The van der Waals surface area contributed by atoms with Crippen molar-refractivity contribution in [2.75, 3.05) is 39.1 Å². The fourth-order valence-electron chi connectivity index (χ4n) is 2.38. The summed E-state index contributed by atoms with van der Waals surface area (Å²) in [5, 5.41) is 0. The number of amides is 2. The Bertz CT molecular complexity index is 414. The summed E-state index contributed by atoms with van der Waals surface area (Å²) in [5.41, 5.74) is 0. The molecule has 104 valence electrons. The van der Waals surface area contributed by atoms with Crippen LogP contribution in [0, 0.1) is 0 Å². The average Bonchev–Trinajstić information content (AvgIpc) is 2.46. The zero-order chi connectivity index (χ0) is 13.8. The normalized spacial score (nSPS) is 16.3. The molecule has 0 saturated carbocycles. The molecule has 1 aliphatic rings. The largest absolute Gasteiger partial charge is 0.341 e. The van der Waals surface area contributed by atoms with E-state index in [0.29, 0.717) is 6.04 Å². The van der Waals surface area contributed by atoms with Crippen molar-refractivity contribution >= 4 is 12.0 Å². The van der Waals surface area contributed by atoms with Crippen LogP contribution in [0.15, 0.2) is 18.5 Å². The van der Waals surface area contributed by atoms with Crippen molar-refractivity contribution in [3.05, 3.63) is 18.5 Å². The second-order valence-electron chi connectivity index (χ2n) is 5.05. The van der Waals surface area contributed by atoms with E-state index in [-0.39, 0.29) is 6.03 Å². The summed E-state index contributed by atoms with van der Waals surface area (Å²) in [7, 11) is 5.44. The van der Waals surface area contributed by atoms with Crippen molar-refractivity contribution < 1.29 is 4.79 Å². The van der Waals surface area contributed by atoms with E-state index < -0.39 is 0 Å². The van der Waals surface area contributed by atoms with Crippen molar-refractivity contribution in [1.82, 2.24) is 19.8 Å². The van der Waals surface area contributed by atoms with Crippen LogP contribution >= 0.6 is 0 Å². The molecule has 2 rings (SSSR count). The van der Waals surface area contributed by atoms with Crippen molar-refractivity contribution in [1.29, 1.82) is 0 Å². The monoisotopic (exact) mass is 263 g/mol. The molecule has 0 bridgehead atoms. The van der Waals surface area contributed by atoms with Crippen LogP contribution in [0.25, 0.3) is 0 Å². The molecule has 0 radical (unpaired) electrons. The third-order valence-electron chi connectivity index (χ3n) is 3.53. The van der Waals surface area contributed by atoms with Crippen LogP contribution in [-0.2, 0) is 0 Å². The van der Waals surface area contributed by atoms with Crippen LogP contribution in [-0.4, -0.2) is 66.1 Å². The van der Waals surface area contributed by atoms with Gasteiger partial charge in [0.1, 0.15) is 0 Å². The van der Waals surface area contributed by atoms with Crippen LogP contribution in [0.5, 0.6) is 0 Å². The molecule has 1 saturated heterocycles. The van der Waals surface area contributed by atoms with Crippen molar-refractivity contribution in [3.8, 4) is 0 Å². The highest BCUT2D eigenvalue weighted by atomic mass is 16.2. The number of carbonyl (C=O) groups is 1. The molecule has 19 heavy (non-hydrogen) atoms. The first kappa shape index (κ1) is 13.6. The van der Waals surface area contributed by atoms with Gasteiger partial charge in [0.25, 0.3) is 0 Å². The van der Waals surface area contributed by atoms with E-state index in [2.05, 4.69) is 14.9 Å². The number of hydrogen-bond acceptors (Lipinski definition) is 4. The summed E-state index contributed by atoms with van der Waals surface area (Å²) in [6, 6.07) is 2.18. The quantitative estimate of drug-likeness (QED) is 0.800. The van der Waals surface area contributed by atoms with Gasteiger partial charge in [-0.2, -0.15) is 0 Å². The summed E-state index contributed by atoms with van der Waals surface area (Å²) in [4.78, 5) is 26.1. The Morgan fingerprint density at radius 1 is 1.21 bits per heavy atom. The van der Waals surface area contributed by atoms with Crippen molar-refractivity contribution in [2.45, 2.75) is 18.9 Å². The molecule has 0 unspecified atom stereocenters. The van der Waals surface area contributed by atoms with E-state index in [0.717, 1.165) is 31.9 Å². The highest BCUT2D eigenvalue weighted by Crippen LogP contribution is 2.19. The Morgan fingerprint density at radius 3 is 2.32 bits per heavy atom. The van der Waals surface area contributed by atoms with Gasteiger partial charge in [-0.05, 0) is 18.9 Å². The smallest absolute Gasteiger partial charge is 0.319 e. The first-order valence-corrected chi connectivity index (χ1v) is 6.55. The van der Waals surface area contributed by atoms with Crippen LogP contribution in [0.3, 0.4) is 0 Å². The van der Waals surface area contributed by atoms with Crippen LogP contribution in [0.1, 0.15) is 12.8 Å². The Labute approximate surface area is 114 Å². The second-order valence-corrected chi connectivity index (χ2v) is 5.05. The lowest BCUT2D eigenvalue weighted by atomic mass is 10.0. The standard InChI is InChI=1S/C13H21N5O/c1-16(2)13(19)17(3)11-5-9-18(10-6-11)12-14-7-4-8-15-12/h4,7-8,11H,5-6,9-10H2,1-3H3. The Balaban J connectivity index is 1.91. The van der Waals surface area contributed by atoms with E-state index in [1.807, 2.05) is 18.0 Å². The van der Waals surface area contributed by atoms with E-state index in [1.54, 1.807) is 31.4 Å². The Kier molecular flexibility index (Phi) is 4.19. The molecule has 1 fully saturated rings. The summed E-state index contributed by atoms with van der Waals surface area (Å²) in [6.07, 6.45) is 5.43. The molecule has 1 aromatic heterocycles. The average molecular weight is 263 g/mol. The molecule has 0 aromatic carbocycles. The third kappa shape index (κ3) is 3.13. The third-order valence-corrected chi connectivity index (χ3v) is 3.53. The lowest BCUT2D eigenvalue weighted by Crippen LogP contribution is -2.48. The number of rotatable bonds is 2. The maximum atomic E-state index is 11.9. The van der Waals surface area contributed by atoms with Crippen molar-refractivity contribution in [3.63, 3.8) is 0 Å². The van der Waals surface area contributed by atoms with Crippen molar-refractivity contribution in [2.24, 2.45) is 0 Å². The molecular weight excluding hydrogens is 242 g/mol. The Hall–Kier alpha value is -1.85. The number of carbonyl (C=O) groups excluding carboxylic acids is 1. The van der Waals surface area contributed by atoms with Gasteiger partial charge < -0.3 is 14.7 Å². The molecule has 2 heterocycles. The molecule has 6 heteroatoms. The fraction of sp³-hybridized carbons (Fsp3) is 0.615. The van der Waals surface area contributed by atoms with Gasteiger partial charge in [0, 0.05) is 52.7 Å². The van der Waals surface area contributed by atoms with E-state index in [4.69, 9.17) is 0 Å². The maximum Gasteiger partial charge on any atom is 0.319 e. The molecule has 0 spiro atoms. The van der Waals surface area contributed by atoms with Gasteiger partial charge >= 0.3 is 6.03 Å². The molecule has 1 aliphatic heterocycles. The SMILES string of the molecule is CN(C)C(=O)N(C)C1CCN(c2ncccn2)CC1. The predicted octanol–water partition coefficient (Wildman–Crippen LogP) is 1.06. The summed E-state index contributed by atoms with van der Waals surface area (Å²) < 4.78 is 0. The maximum absolute atomic E-state index is 11.9. The Morgan fingerprint density at radius 2 is 1.79 bits per heavy atom. The van der Waals surface area contributed by atoms with Gasteiger partial charge in [-0.1, -0.05) is 0 Å². The summed E-state index contributed by atoms with van der Waals surface area (Å²) in [6.45, 7) is 1.78. The molecule has 0 atom stereocenters. The highest BCUT2D eigenvalue weighted by Gasteiger charge is 2.26. The zero-order valence-corrected chi connectivity index (χ0v) is 11.8. The molecule has 0 N–H and O–H groups in total. The second kappa shape index (κ2) is 5.86. The van der Waals surface area contributed by atoms with E-state index >= 15 is 0 Å². The molecule has 1 aromatic rings. The molecule has 6 nitrogen and oxygen atoms in total.